The number of nitrogens with one attached hydrogen (secondary N) is 1. The first-order chi connectivity index (χ1) is 14.8. The van der Waals surface area contributed by atoms with Gasteiger partial charge in [-0.1, -0.05) is 12.1 Å². The number of carbonyl (C=O) groups is 1. The van der Waals surface area contributed by atoms with Crippen molar-refractivity contribution < 1.29 is 26.4 Å². The predicted molar refractivity (Wildman–Crippen MR) is 124 cm³/mol. The summed E-state index contributed by atoms with van der Waals surface area (Å²) in [6.45, 7) is 3.63. The van der Waals surface area contributed by atoms with Crippen molar-refractivity contribution in [3.8, 4) is 5.75 Å². The summed E-state index contributed by atoms with van der Waals surface area (Å²) >= 11 is 0. The molecule has 0 aliphatic carbocycles. The van der Waals surface area contributed by atoms with Crippen molar-refractivity contribution in [1.29, 1.82) is 0 Å². The molecule has 1 atom stereocenters. The normalized spacial score (nSPS) is 12.9. The third-order valence-corrected chi connectivity index (χ3v) is 7.69. The molecule has 2 aromatic carbocycles. The number of benzene rings is 2. The van der Waals surface area contributed by atoms with Crippen molar-refractivity contribution in [1.82, 2.24) is 9.62 Å². The van der Waals surface area contributed by atoms with Crippen molar-refractivity contribution in [2.75, 3.05) is 37.8 Å². The molecule has 0 heterocycles. The Morgan fingerprint density at radius 1 is 1.06 bits per heavy atom. The highest BCUT2D eigenvalue weighted by atomic mass is 32.2. The molecule has 0 unspecified atom stereocenters. The number of hydrogen-bond donors (Lipinski definition) is 1. The number of anilines is 1. The van der Waals surface area contributed by atoms with Crippen LogP contribution in [0.4, 0.5) is 5.69 Å². The molecule has 2 rings (SSSR count). The minimum absolute atomic E-state index is 0.127. The molecular weight excluding hydrogens is 454 g/mol. The number of sulfonamides is 2. The van der Waals surface area contributed by atoms with Crippen LogP contribution in [0.3, 0.4) is 0 Å². The van der Waals surface area contributed by atoms with Gasteiger partial charge in [-0.15, -0.1) is 0 Å². The highest BCUT2D eigenvalue weighted by Crippen LogP contribution is 2.22. The summed E-state index contributed by atoms with van der Waals surface area (Å²) in [6.07, 6.45) is 1.06. The zero-order chi connectivity index (χ0) is 24.1. The molecule has 0 saturated heterocycles. The maximum Gasteiger partial charge on any atom is 0.243 e. The monoisotopic (exact) mass is 483 g/mol. The molecular formula is C21H29N3O6S2. The SMILES string of the molecule is Cc1cccc(N([C@H](C)C(=O)NCCOc2ccc(S(=O)(=O)N(C)C)cc2)S(C)(=O)=O)c1. The fraction of sp³-hybridized carbons (Fsp3) is 0.381. The van der Waals surface area contributed by atoms with Gasteiger partial charge in [0.1, 0.15) is 18.4 Å². The van der Waals surface area contributed by atoms with Gasteiger partial charge in [0.25, 0.3) is 0 Å². The summed E-state index contributed by atoms with van der Waals surface area (Å²) in [7, 11) is -4.30. The summed E-state index contributed by atoms with van der Waals surface area (Å²) < 4.78 is 56.5. The van der Waals surface area contributed by atoms with Crippen molar-refractivity contribution in [2.24, 2.45) is 0 Å². The third-order valence-electron chi connectivity index (χ3n) is 4.62. The second-order valence-corrected chi connectivity index (χ2v) is 11.5. The van der Waals surface area contributed by atoms with Crippen LogP contribution in [0.1, 0.15) is 12.5 Å². The number of ether oxygens (including phenoxy) is 1. The molecule has 0 radical (unpaired) electrons. The minimum atomic E-state index is -3.69. The Kier molecular flexibility index (Phi) is 8.27. The van der Waals surface area contributed by atoms with Gasteiger partial charge in [0, 0.05) is 14.1 Å². The molecule has 0 saturated carbocycles. The Labute approximate surface area is 190 Å². The summed E-state index contributed by atoms with van der Waals surface area (Å²) in [5.74, 6) is -0.0181. The average molecular weight is 484 g/mol. The second kappa shape index (κ2) is 10.3. The maximum atomic E-state index is 12.6. The maximum absolute atomic E-state index is 12.6. The fourth-order valence-electron chi connectivity index (χ4n) is 2.98. The van der Waals surface area contributed by atoms with Crippen LogP contribution in [-0.4, -0.2) is 66.6 Å². The predicted octanol–water partition coefficient (Wildman–Crippen LogP) is 1.60. The molecule has 0 bridgehead atoms. The molecule has 9 nitrogen and oxygen atoms in total. The smallest absolute Gasteiger partial charge is 0.243 e. The fourth-order valence-corrected chi connectivity index (χ4v) is 5.05. The quantitative estimate of drug-likeness (QED) is 0.514. The van der Waals surface area contributed by atoms with E-state index in [2.05, 4.69) is 5.32 Å². The standard InChI is InChI=1S/C21H29N3O6S2/c1-16-7-6-8-18(15-16)24(31(5,26)27)17(2)21(25)22-13-14-30-19-9-11-20(12-10-19)32(28,29)23(3)4/h6-12,15,17H,13-14H2,1-5H3,(H,22,25)/t17-/m1/s1. The molecule has 1 amide bonds. The van der Waals surface area contributed by atoms with E-state index in [9.17, 15) is 21.6 Å². The lowest BCUT2D eigenvalue weighted by Crippen LogP contribution is -2.48. The van der Waals surface area contributed by atoms with Crippen molar-refractivity contribution in [3.05, 3.63) is 54.1 Å². The zero-order valence-corrected chi connectivity index (χ0v) is 20.4. The Morgan fingerprint density at radius 2 is 1.69 bits per heavy atom. The molecule has 11 heteroatoms. The van der Waals surface area contributed by atoms with Gasteiger partial charge < -0.3 is 10.1 Å². The second-order valence-electron chi connectivity index (χ2n) is 7.47. The van der Waals surface area contributed by atoms with E-state index in [0.29, 0.717) is 11.4 Å². The van der Waals surface area contributed by atoms with Crippen molar-refractivity contribution >= 4 is 31.6 Å². The number of carbonyl (C=O) groups excluding carboxylic acids is 1. The highest BCUT2D eigenvalue weighted by molar-refractivity contribution is 7.92. The number of nitrogens with zero attached hydrogens (tertiary/aromatic N) is 2. The average Bonchev–Trinajstić information content (AvgIpc) is 2.70. The lowest BCUT2D eigenvalue weighted by Gasteiger charge is -2.28. The molecule has 2 aromatic rings. The summed E-state index contributed by atoms with van der Waals surface area (Å²) in [6, 6.07) is 11.9. The first-order valence-corrected chi connectivity index (χ1v) is 13.1. The van der Waals surface area contributed by atoms with E-state index >= 15 is 0 Å². The van der Waals surface area contributed by atoms with Crippen LogP contribution >= 0.6 is 0 Å². The van der Waals surface area contributed by atoms with E-state index in [1.807, 2.05) is 13.0 Å². The van der Waals surface area contributed by atoms with Gasteiger partial charge in [-0.3, -0.25) is 9.10 Å². The Hall–Kier alpha value is -2.63. The zero-order valence-electron chi connectivity index (χ0n) is 18.8. The van der Waals surface area contributed by atoms with Gasteiger partial charge in [-0.2, -0.15) is 0 Å². The van der Waals surface area contributed by atoms with Gasteiger partial charge in [0.15, 0.2) is 0 Å². The Bertz CT molecular complexity index is 1150. The lowest BCUT2D eigenvalue weighted by atomic mass is 10.2. The molecule has 0 aliphatic heterocycles. The van der Waals surface area contributed by atoms with E-state index in [-0.39, 0.29) is 18.0 Å². The van der Waals surface area contributed by atoms with E-state index in [0.717, 1.165) is 20.4 Å². The van der Waals surface area contributed by atoms with E-state index in [1.54, 1.807) is 18.2 Å². The van der Waals surface area contributed by atoms with E-state index in [1.165, 1.54) is 45.3 Å². The number of hydrogen-bond acceptors (Lipinski definition) is 6. The van der Waals surface area contributed by atoms with E-state index < -0.39 is 32.0 Å². The van der Waals surface area contributed by atoms with Crippen LogP contribution in [0.15, 0.2) is 53.4 Å². The lowest BCUT2D eigenvalue weighted by molar-refractivity contribution is -0.121. The van der Waals surface area contributed by atoms with Crippen LogP contribution in [0, 0.1) is 6.92 Å². The van der Waals surface area contributed by atoms with E-state index in [4.69, 9.17) is 4.74 Å². The molecule has 1 N–H and O–H groups in total. The van der Waals surface area contributed by atoms with Crippen LogP contribution in [0.2, 0.25) is 0 Å². The highest BCUT2D eigenvalue weighted by Gasteiger charge is 2.29. The summed E-state index contributed by atoms with van der Waals surface area (Å²) in [5, 5.41) is 2.67. The molecule has 0 fully saturated rings. The first-order valence-electron chi connectivity index (χ1n) is 9.83. The largest absolute Gasteiger partial charge is 0.492 e. The number of rotatable bonds is 10. The number of aryl methyl sites for hydroxylation is 1. The minimum Gasteiger partial charge on any atom is -0.492 e. The molecule has 0 spiro atoms. The molecule has 0 aliphatic rings. The molecule has 0 aromatic heterocycles. The Morgan fingerprint density at radius 3 is 2.22 bits per heavy atom. The Balaban J connectivity index is 1.95. The van der Waals surface area contributed by atoms with Gasteiger partial charge in [0.2, 0.25) is 26.0 Å². The van der Waals surface area contributed by atoms with Gasteiger partial charge in [0.05, 0.1) is 23.4 Å². The first kappa shape index (κ1) is 25.6. The van der Waals surface area contributed by atoms with Crippen molar-refractivity contribution in [3.63, 3.8) is 0 Å². The van der Waals surface area contributed by atoms with Crippen LogP contribution in [0.5, 0.6) is 5.75 Å². The topological polar surface area (TPSA) is 113 Å². The van der Waals surface area contributed by atoms with Gasteiger partial charge in [-0.05, 0) is 55.8 Å². The molecule has 176 valence electrons. The summed E-state index contributed by atoms with van der Waals surface area (Å²) in [4.78, 5) is 12.7. The van der Waals surface area contributed by atoms with Crippen LogP contribution in [-0.2, 0) is 24.8 Å². The third kappa shape index (κ3) is 6.44. The number of amides is 1. The van der Waals surface area contributed by atoms with Gasteiger partial charge >= 0.3 is 0 Å². The van der Waals surface area contributed by atoms with Crippen molar-refractivity contribution in [2.45, 2.75) is 24.8 Å². The molecule has 32 heavy (non-hydrogen) atoms. The van der Waals surface area contributed by atoms with Crippen LogP contribution in [0.25, 0.3) is 0 Å². The van der Waals surface area contributed by atoms with Gasteiger partial charge in [-0.25, -0.2) is 21.1 Å². The van der Waals surface area contributed by atoms with Crippen LogP contribution < -0.4 is 14.4 Å². The summed E-state index contributed by atoms with van der Waals surface area (Å²) in [5.41, 5.74) is 1.29.